The summed E-state index contributed by atoms with van der Waals surface area (Å²) in [6.45, 7) is 0.564. The van der Waals surface area contributed by atoms with Gasteiger partial charge in [0.05, 0.1) is 5.41 Å². The SMILES string of the molecule is Cn1ccnc1CCNC(=O)[C@]1(Cc2ccccc2)C[C@@H]2CC[C@H]1N2C(=O)C1CC1. The number of fused-ring (bicyclic) bond motifs is 2. The molecule has 3 heterocycles. The molecule has 2 saturated heterocycles. The topological polar surface area (TPSA) is 67.2 Å². The Hall–Kier alpha value is -2.63. The second kappa shape index (κ2) is 7.56. The molecule has 2 bridgehead atoms. The number of aryl methyl sites for hydroxylation is 1. The highest BCUT2D eigenvalue weighted by Crippen LogP contribution is 2.53. The van der Waals surface area contributed by atoms with Crippen molar-refractivity contribution < 1.29 is 9.59 Å². The van der Waals surface area contributed by atoms with Crippen LogP contribution >= 0.6 is 0 Å². The van der Waals surface area contributed by atoms with Crippen LogP contribution in [0.25, 0.3) is 0 Å². The van der Waals surface area contributed by atoms with Gasteiger partial charge in [-0.2, -0.15) is 0 Å². The number of hydrogen-bond acceptors (Lipinski definition) is 3. The number of nitrogens with one attached hydrogen (secondary N) is 1. The molecule has 3 fully saturated rings. The first-order valence-electron chi connectivity index (χ1n) is 11.2. The van der Waals surface area contributed by atoms with Gasteiger partial charge in [-0.3, -0.25) is 9.59 Å². The Bertz CT molecular complexity index is 936. The van der Waals surface area contributed by atoms with Crippen LogP contribution in [0, 0.1) is 11.3 Å². The van der Waals surface area contributed by atoms with Crippen molar-refractivity contribution in [2.24, 2.45) is 18.4 Å². The molecule has 0 unspecified atom stereocenters. The van der Waals surface area contributed by atoms with Crippen molar-refractivity contribution in [3.8, 4) is 0 Å². The van der Waals surface area contributed by atoms with Gasteiger partial charge in [-0.25, -0.2) is 4.98 Å². The number of carbonyl (C=O) groups is 2. The van der Waals surface area contributed by atoms with E-state index in [-0.39, 0.29) is 23.9 Å². The van der Waals surface area contributed by atoms with Gasteiger partial charge >= 0.3 is 0 Å². The fraction of sp³-hybridized carbons (Fsp3) is 0.542. The summed E-state index contributed by atoms with van der Waals surface area (Å²) in [4.78, 5) is 33.1. The number of carbonyl (C=O) groups excluding carboxylic acids is 2. The number of amides is 2. The van der Waals surface area contributed by atoms with E-state index in [1.54, 1.807) is 6.20 Å². The average Bonchev–Trinajstić information content (AvgIpc) is 3.31. The lowest BCUT2D eigenvalue weighted by Gasteiger charge is -2.36. The summed E-state index contributed by atoms with van der Waals surface area (Å²) in [5.74, 6) is 1.55. The third-order valence-electron chi connectivity index (χ3n) is 7.29. The van der Waals surface area contributed by atoms with Crippen molar-refractivity contribution in [3.63, 3.8) is 0 Å². The molecule has 0 spiro atoms. The molecule has 3 aliphatic rings. The van der Waals surface area contributed by atoms with Crippen molar-refractivity contribution in [1.29, 1.82) is 0 Å². The summed E-state index contributed by atoms with van der Waals surface area (Å²) >= 11 is 0. The van der Waals surface area contributed by atoms with Crippen LogP contribution in [0.4, 0.5) is 0 Å². The lowest BCUT2D eigenvalue weighted by molar-refractivity contribution is -0.137. The fourth-order valence-electron chi connectivity index (χ4n) is 5.63. The van der Waals surface area contributed by atoms with Crippen molar-refractivity contribution in [3.05, 3.63) is 54.1 Å². The maximum Gasteiger partial charge on any atom is 0.228 e. The molecule has 6 nitrogen and oxygen atoms in total. The smallest absolute Gasteiger partial charge is 0.228 e. The Morgan fingerprint density at radius 2 is 1.97 bits per heavy atom. The maximum atomic E-state index is 13.7. The summed E-state index contributed by atoms with van der Waals surface area (Å²) in [7, 11) is 1.97. The van der Waals surface area contributed by atoms with Crippen LogP contribution in [-0.4, -0.2) is 44.9 Å². The lowest BCUT2D eigenvalue weighted by Crippen LogP contribution is -2.51. The first kappa shape index (κ1) is 19.3. The van der Waals surface area contributed by atoms with Crippen LogP contribution < -0.4 is 5.32 Å². The highest BCUT2D eigenvalue weighted by molar-refractivity contribution is 5.88. The minimum absolute atomic E-state index is 0.0176. The van der Waals surface area contributed by atoms with E-state index in [0.29, 0.717) is 25.3 Å². The molecule has 2 aliphatic heterocycles. The number of nitrogens with zero attached hydrogens (tertiary/aromatic N) is 3. The molecule has 1 aliphatic carbocycles. The lowest BCUT2D eigenvalue weighted by atomic mass is 9.69. The van der Waals surface area contributed by atoms with Crippen molar-refractivity contribution in [2.45, 2.75) is 57.0 Å². The van der Waals surface area contributed by atoms with E-state index in [1.165, 1.54) is 5.56 Å². The van der Waals surface area contributed by atoms with Crippen molar-refractivity contribution in [1.82, 2.24) is 19.8 Å². The zero-order valence-corrected chi connectivity index (χ0v) is 17.6. The fourth-order valence-corrected chi connectivity index (χ4v) is 5.63. The average molecular weight is 407 g/mol. The van der Waals surface area contributed by atoms with Crippen LogP contribution in [0.5, 0.6) is 0 Å². The van der Waals surface area contributed by atoms with E-state index in [9.17, 15) is 9.59 Å². The second-order valence-electron chi connectivity index (χ2n) is 9.25. The van der Waals surface area contributed by atoms with Crippen LogP contribution in [0.2, 0.25) is 0 Å². The maximum absolute atomic E-state index is 13.7. The standard InChI is InChI=1S/C24H30N4O2/c1-27-14-13-25-21(27)11-12-26-23(30)24(15-17-5-3-2-4-6-17)16-19-9-10-20(24)28(19)22(29)18-7-8-18/h2-6,13-14,18-20H,7-12,15-16H2,1H3,(H,26,30)/t19-,20+,24+/m0/s1. The minimum Gasteiger partial charge on any atom is -0.355 e. The van der Waals surface area contributed by atoms with E-state index in [4.69, 9.17) is 0 Å². The van der Waals surface area contributed by atoms with Gasteiger partial charge in [0, 0.05) is 50.4 Å². The van der Waals surface area contributed by atoms with Gasteiger partial charge in [-0.05, 0) is 44.1 Å². The molecular formula is C24H30N4O2. The van der Waals surface area contributed by atoms with E-state index in [2.05, 4.69) is 27.3 Å². The zero-order chi connectivity index (χ0) is 20.7. The van der Waals surface area contributed by atoms with Gasteiger partial charge < -0.3 is 14.8 Å². The molecule has 1 aromatic heterocycles. The summed E-state index contributed by atoms with van der Waals surface area (Å²) in [6.07, 6.45) is 9.86. The van der Waals surface area contributed by atoms with Gasteiger partial charge in [0.15, 0.2) is 0 Å². The first-order chi connectivity index (χ1) is 14.6. The van der Waals surface area contributed by atoms with Gasteiger partial charge in [0.1, 0.15) is 5.82 Å². The van der Waals surface area contributed by atoms with E-state index in [1.807, 2.05) is 36.0 Å². The highest BCUT2D eigenvalue weighted by Gasteiger charge is 2.61. The molecule has 30 heavy (non-hydrogen) atoms. The van der Waals surface area contributed by atoms with Gasteiger partial charge in [0.25, 0.3) is 0 Å². The summed E-state index contributed by atoms with van der Waals surface area (Å²) in [6, 6.07) is 10.5. The molecule has 5 rings (SSSR count). The summed E-state index contributed by atoms with van der Waals surface area (Å²) in [5.41, 5.74) is 0.638. The number of benzene rings is 1. The number of hydrogen-bond donors (Lipinski definition) is 1. The van der Waals surface area contributed by atoms with Gasteiger partial charge in [0.2, 0.25) is 11.8 Å². The van der Waals surface area contributed by atoms with Gasteiger partial charge in [-0.1, -0.05) is 30.3 Å². The quantitative estimate of drug-likeness (QED) is 0.768. The molecule has 1 saturated carbocycles. The molecule has 1 N–H and O–H groups in total. The number of rotatable bonds is 7. The Balaban J connectivity index is 1.37. The van der Waals surface area contributed by atoms with E-state index in [0.717, 1.165) is 37.9 Å². The molecule has 3 atom stereocenters. The molecule has 2 aromatic rings. The Labute approximate surface area is 177 Å². The third-order valence-corrected chi connectivity index (χ3v) is 7.29. The molecule has 1 aromatic carbocycles. The normalized spacial score (nSPS) is 27.4. The first-order valence-corrected chi connectivity index (χ1v) is 11.2. The molecule has 0 radical (unpaired) electrons. The predicted molar refractivity (Wildman–Crippen MR) is 113 cm³/mol. The van der Waals surface area contributed by atoms with Crippen molar-refractivity contribution >= 4 is 11.8 Å². The van der Waals surface area contributed by atoms with E-state index < -0.39 is 5.41 Å². The number of aromatic nitrogens is 2. The zero-order valence-electron chi connectivity index (χ0n) is 17.6. The molecule has 2 amide bonds. The molecule has 6 heteroatoms. The van der Waals surface area contributed by atoms with Crippen LogP contribution in [-0.2, 0) is 29.5 Å². The predicted octanol–water partition coefficient (Wildman–Crippen LogP) is 2.48. The van der Waals surface area contributed by atoms with Crippen LogP contribution in [0.1, 0.15) is 43.5 Å². The third kappa shape index (κ3) is 3.32. The van der Waals surface area contributed by atoms with Gasteiger partial charge in [-0.15, -0.1) is 0 Å². The molecule has 158 valence electrons. The Kier molecular flexibility index (Phi) is 4.88. The highest BCUT2D eigenvalue weighted by atomic mass is 16.2. The van der Waals surface area contributed by atoms with Crippen LogP contribution in [0.3, 0.4) is 0 Å². The molecular weight excluding hydrogens is 376 g/mol. The van der Waals surface area contributed by atoms with Crippen molar-refractivity contribution in [2.75, 3.05) is 6.54 Å². The van der Waals surface area contributed by atoms with E-state index >= 15 is 0 Å². The van der Waals surface area contributed by atoms with Crippen LogP contribution in [0.15, 0.2) is 42.7 Å². The second-order valence-corrected chi connectivity index (χ2v) is 9.25. The Morgan fingerprint density at radius 3 is 2.67 bits per heavy atom. The Morgan fingerprint density at radius 1 is 1.17 bits per heavy atom. The summed E-state index contributed by atoms with van der Waals surface area (Å²) in [5, 5.41) is 3.21. The summed E-state index contributed by atoms with van der Waals surface area (Å²) < 4.78 is 1.99. The largest absolute Gasteiger partial charge is 0.355 e. The number of imidazole rings is 1. The minimum atomic E-state index is -0.531. The monoisotopic (exact) mass is 406 g/mol.